The number of benzene rings is 2. The van der Waals surface area contributed by atoms with E-state index in [4.69, 9.17) is 0 Å². The van der Waals surface area contributed by atoms with Crippen LogP contribution < -0.4 is 0 Å². The molecular formula is C70H128. The Morgan fingerprint density at radius 2 is 0.657 bits per heavy atom. The van der Waals surface area contributed by atoms with Gasteiger partial charge in [-0.2, -0.15) is 0 Å². The van der Waals surface area contributed by atoms with Crippen LogP contribution in [0, 0.1) is 11.8 Å². The molecule has 0 bridgehead atoms. The summed E-state index contributed by atoms with van der Waals surface area (Å²) in [4.78, 5) is 0. The van der Waals surface area contributed by atoms with Gasteiger partial charge in [0.25, 0.3) is 0 Å². The van der Waals surface area contributed by atoms with Crippen LogP contribution in [0.15, 0.2) is 98.1 Å². The fourth-order valence-electron chi connectivity index (χ4n) is 8.58. The van der Waals surface area contributed by atoms with Crippen LogP contribution in [0.3, 0.4) is 0 Å². The predicted molar refractivity (Wildman–Crippen MR) is 329 cm³/mol. The van der Waals surface area contributed by atoms with Crippen LogP contribution in [-0.4, -0.2) is 0 Å². The van der Waals surface area contributed by atoms with Gasteiger partial charge in [-0.05, 0) is 86.5 Å². The van der Waals surface area contributed by atoms with Crippen LogP contribution in [0.2, 0.25) is 0 Å². The molecule has 0 saturated carbocycles. The van der Waals surface area contributed by atoms with Gasteiger partial charge < -0.3 is 0 Å². The molecule has 70 heavy (non-hydrogen) atoms. The highest BCUT2D eigenvalue weighted by Gasteiger charge is 2.12. The molecule has 2 atom stereocenters. The van der Waals surface area contributed by atoms with Crippen LogP contribution in [0.5, 0.6) is 0 Å². The topological polar surface area (TPSA) is 0 Å². The van der Waals surface area contributed by atoms with E-state index in [1.807, 2.05) is 13.8 Å². The van der Waals surface area contributed by atoms with Crippen molar-refractivity contribution in [2.24, 2.45) is 11.8 Å². The minimum atomic E-state index is 0.856. The molecule has 0 aliphatic rings. The second-order valence-corrected chi connectivity index (χ2v) is 20.8. The monoisotopic (exact) mass is 969 g/mol. The Bertz CT molecular complexity index is 1290. The molecule has 0 nitrogen and oxygen atoms in total. The van der Waals surface area contributed by atoms with Gasteiger partial charge in [0.05, 0.1) is 0 Å². The quantitative estimate of drug-likeness (QED) is 0.0465. The summed E-state index contributed by atoms with van der Waals surface area (Å²) in [6, 6.07) is 18.7. The zero-order valence-electron chi connectivity index (χ0n) is 50.2. The van der Waals surface area contributed by atoms with Gasteiger partial charge in [-0.15, -0.1) is 13.2 Å². The summed E-state index contributed by atoms with van der Waals surface area (Å²) in [6.45, 7) is 41.6. The van der Waals surface area contributed by atoms with Gasteiger partial charge in [0.15, 0.2) is 0 Å². The third-order valence-corrected chi connectivity index (χ3v) is 13.1. The number of rotatable bonds is 38. The predicted octanol–water partition coefficient (Wildman–Crippen LogP) is 24.9. The van der Waals surface area contributed by atoms with Crippen molar-refractivity contribution in [1.29, 1.82) is 0 Å². The first-order valence-electron chi connectivity index (χ1n) is 30.7. The van der Waals surface area contributed by atoms with Crippen LogP contribution in [-0.2, 0) is 25.7 Å². The third-order valence-electron chi connectivity index (χ3n) is 13.1. The van der Waals surface area contributed by atoms with Crippen molar-refractivity contribution in [2.75, 3.05) is 0 Å². The summed E-state index contributed by atoms with van der Waals surface area (Å²) in [6.07, 6.45) is 51.9. The zero-order chi connectivity index (χ0) is 53.1. The largest absolute Gasteiger partial charge is 0.103 e. The summed E-state index contributed by atoms with van der Waals surface area (Å²) in [5.74, 6) is 1.74. The van der Waals surface area contributed by atoms with E-state index in [1.54, 1.807) is 12.2 Å². The van der Waals surface area contributed by atoms with Gasteiger partial charge in [0.1, 0.15) is 0 Å². The minimum Gasteiger partial charge on any atom is -0.103 e. The SMILES string of the molecule is C=C(CCC)Cc1ccc(CC(CCCCCC)CCCCCCCC)cc1.C=C(Cc1ccc(CCC)cc1)CC(CCCCCC)CCCCCCCC.C=CC.C=CC.CCCC.CCCC. The van der Waals surface area contributed by atoms with E-state index >= 15 is 0 Å². The van der Waals surface area contributed by atoms with Crippen LogP contribution in [0.25, 0.3) is 0 Å². The third kappa shape index (κ3) is 56.3. The van der Waals surface area contributed by atoms with E-state index in [2.05, 4.69) is 144 Å². The van der Waals surface area contributed by atoms with E-state index in [1.165, 1.54) is 245 Å². The van der Waals surface area contributed by atoms with E-state index in [0.29, 0.717) is 0 Å². The molecule has 0 heterocycles. The van der Waals surface area contributed by atoms with Crippen LogP contribution in [0.1, 0.15) is 311 Å². The number of hydrogen-bond donors (Lipinski definition) is 0. The van der Waals surface area contributed by atoms with Gasteiger partial charge in [-0.25, -0.2) is 0 Å². The van der Waals surface area contributed by atoms with Gasteiger partial charge in [-0.1, -0.05) is 347 Å². The number of hydrogen-bond acceptors (Lipinski definition) is 0. The maximum atomic E-state index is 4.46. The smallest absolute Gasteiger partial charge is 0.00697 e. The Kier molecular flexibility index (Phi) is 66.0. The molecule has 0 aromatic heterocycles. The molecule has 0 saturated heterocycles. The Hall–Kier alpha value is -2.60. The molecule has 0 fully saturated rings. The molecule has 0 N–H and O–H groups in total. The molecule has 0 aliphatic carbocycles. The summed E-state index contributed by atoms with van der Waals surface area (Å²) in [7, 11) is 0. The normalized spacial score (nSPS) is 11.0. The average Bonchev–Trinajstić information content (AvgIpc) is 3.35. The van der Waals surface area contributed by atoms with Crippen molar-refractivity contribution in [1.82, 2.24) is 0 Å². The molecule has 0 heteroatoms. The molecule has 0 spiro atoms. The Labute approximate surface area is 444 Å². The first-order valence-corrected chi connectivity index (χ1v) is 30.7. The van der Waals surface area contributed by atoms with E-state index in [0.717, 1.165) is 31.1 Å². The lowest BCUT2D eigenvalue weighted by atomic mass is 9.87. The summed E-state index contributed by atoms with van der Waals surface area (Å²) in [5.41, 5.74) is 8.68. The van der Waals surface area contributed by atoms with Crippen molar-refractivity contribution < 1.29 is 0 Å². The Morgan fingerprint density at radius 1 is 0.357 bits per heavy atom. The molecule has 2 aromatic carbocycles. The average molecular weight is 970 g/mol. The fourth-order valence-corrected chi connectivity index (χ4v) is 8.58. The van der Waals surface area contributed by atoms with Gasteiger partial charge in [0.2, 0.25) is 0 Å². The minimum absolute atomic E-state index is 0.856. The zero-order valence-corrected chi connectivity index (χ0v) is 50.2. The maximum absolute atomic E-state index is 4.46. The lowest BCUT2D eigenvalue weighted by molar-refractivity contribution is 0.400. The number of allylic oxidation sites excluding steroid dienone is 4. The lowest BCUT2D eigenvalue weighted by Gasteiger charge is -2.19. The van der Waals surface area contributed by atoms with Crippen LogP contribution >= 0.6 is 0 Å². The highest BCUT2D eigenvalue weighted by molar-refractivity contribution is 5.27. The van der Waals surface area contributed by atoms with Crippen LogP contribution in [0.4, 0.5) is 0 Å². The van der Waals surface area contributed by atoms with Crippen molar-refractivity contribution in [2.45, 2.75) is 314 Å². The van der Waals surface area contributed by atoms with Gasteiger partial charge in [-0.3, -0.25) is 0 Å². The van der Waals surface area contributed by atoms with Gasteiger partial charge >= 0.3 is 0 Å². The molecule has 2 aromatic rings. The molecule has 2 unspecified atom stereocenters. The second kappa shape index (κ2) is 62.5. The maximum Gasteiger partial charge on any atom is -0.00697 e. The molecular weight excluding hydrogens is 841 g/mol. The van der Waals surface area contributed by atoms with Crippen molar-refractivity contribution in [3.8, 4) is 0 Å². The van der Waals surface area contributed by atoms with E-state index in [9.17, 15) is 0 Å². The first kappa shape index (κ1) is 73.9. The fraction of sp³-hybridized carbons (Fsp3) is 0.714. The molecule has 0 amide bonds. The first-order chi connectivity index (χ1) is 34.0. The number of aryl methyl sites for hydroxylation is 1. The Morgan fingerprint density at radius 3 is 1.00 bits per heavy atom. The second-order valence-electron chi connectivity index (χ2n) is 20.8. The summed E-state index contributed by atoms with van der Waals surface area (Å²) >= 11 is 0. The summed E-state index contributed by atoms with van der Waals surface area (Å²) < 4.78 is 0. The highest BCUT2D eigenvalue weighted by atomic mass is 14.2. The van der Waals surface area contributed by atoms with Crippen molar-refractivity contribution in [3.05, 3.63) is 120 Å². The lowest BCUT2D eigenvalue weighted by Crippen LogP contribution is -2.05. The van der Waals surface area contributed by atoms with Crippen molar-refractivity contribution >= 4 is 0 Å². The Balaban J connectivity index is -0.000000490. The molecule has 2 rings (SSSR count). The summed E-state index contributed by atoms with van der Waals surface area (Å²) in [5, 5.41) is 0. The highest BCUT2D eigenvalue weighted by Crippen LogP contribution is 2.27. The standard InChI is InChI=1S/2C28H48.2C4H10.2C3H6/c1-5-8-10-12-13-15-18-27(17-14-11-9-6-2)23-25(4)24-28-21-19-26(16-7-3)20-22-28;1-5-8-10-12-13-15-18-26(17-14-11-9-6-2)24-28-21-19-27(20-22-28)23-25(4)16-7-3;2*1-3-4-2;2*1-3-2/h19-22,27H,4-18,23-24H2,1-3H3;19-22,26H,4-18,23-24H2,1-3H3;2*3-4H2,1-2H3;2*3H,1H2,2H3. The molecule has 408 valence electrons. The molecule has 0 aliphatic heterocycles. The number of unbranched alkanes of at least 4 members (excludes halogenated alkanes) is 18. The van der Waals surface area contributed by atoms with Gasteiger partial charge in [0, 0.05) is 0 Å². The van der Waals surface area contributed by atoms with E-state index in [-0.39, 0.29) is 0 Å². The van der Waals surface area contributed by atoms with E-state index < -0.39 is 0 Å². The van der Waals surface area contributed by atoms with Crippen molar-refractivity contribution in [3.63, 3.8) is 0 Å². The molecule has 0 radical (unpaired) electrons.